The number of aliphatic hydroxyl groups is 1. The molecule has 1 aliphatic heterocycles. The number of fused-ring (bicyclic) bond motifs is 1. The number of benzene rings is 3. The van der Waals surface area contributed by atoms with Gasteiger partial charge >= 0.3 is 0 Å². The van der Waals surface area contributed by atoms with Gasteiger partial charge in [0.25, 0.3) is 5.91 Å². The zero-order valence-electron chi connectivity index (χ0n) is 19.2. The highest BCUT2D eigenvalue weighted by molar-refractivity contribution is 6.20. The average molecular weight is 469 g/mol. The fourth-order valence-electron chi connectivity index (χ4n) is 4.39. The van der Waals surface area contributed by atoms with Crippen molar-refractivity contribution in [1.82, 2.24) is 0 Å². The topological polar surface area (TPSA) is 89.2 Å². The summed E-state index contributed by atoms with van der Waals surface area (Å²) >= 11 is 0. The number of carbonyl (C=O) groups is 2. The molecule has 2 heterocycles. The van der Waals surface area contributed by atoms with Crippen molar-refractivity contribution >= 4 is 28.3 Å². The lowest BCUT2D eigenvalue weighted by Gasteiger charge is -2.27. The number of rotatable bonds is 7. The molecule has 7 nitrogen and oxygen atoms in total. The van der Waals surface area contributed by atoms with Crippen LogP contribution in [0.25, 0.3) is 11.0 Å². The van der Waals surface area contributed by atoms with Gasteiger partial charge in [0.05, 0.1) is 25.3 Å². The highest BCUT2D eigenvalue weighted by atomic mass is 16.5. The van der Waals surface area contributed by atoms with Crippen LogP contribution in [0.4, 0.5) is 5.69 Å². The number of aliphatic hydroxyl groups excluding tert-OH is 1. The summed E-state index contributed by atoms with van der Waals surface area (Å²) < 4.78 is 16.9. The minimum Gasteiger partial charge on any atom is -0.503 e. The van der Waals surface area contributed by atoms with E-state index in [-0.39, 0.29) is 11.3 Å². The number of nitrogens with zero attached hydrogens (tertiary/aromatic N) is 1. The summed E-state index contributed by atoms with van der Waals surface area (Å²) in [5.74, 6) is -0.788. The minimum absolute atomic E-state index is 0.000255. The van der Waals surface area contributed by atoms with Gasteiger partial charge in [0.2, 0.25) is 5.78 Å². The van der Waals surface area contributed by atoms with Gasteiger partial charge in [-0.25, -0.2) is 0 Å². The zero-order valence-corrected chi connectivity index (χ0v) is 19.2. The van der Waals surface area contributed by atoms with Gasteiger partial charge in [-0.2, -0.15) is 0 Å². The average Bonchev–Trinajstić information content (AvgIpc) is 3.44. The van der Waals surface area contributed by atoms with E-state index < -0.39 is 23.5 Å². The second-order valence-electron chi connectivity index (χ2n) is 8.00. The first-order valence-corrected chi connectivity index (χ1v) is 11.2. The third kappa shape index (κ3) is 3.81. The summed E-state index contributed by atoms with van der Waals surface area (Å²) in [5.41, 5.74) is 1.52. The second kappa shape index (κ2) is 9.02. The van der Waals surface area contributed by atoms with Gasteiger partial charge in [-0.15, -0.1) is 0 Å². The molecule has 3 aromatic carbocycles. The van der Waals surface area contributed by atoms with Crippen LogP contribution in [0, 0.1) is 0 Å². The minimum atomic E-state index is -0.882. The van der Waals surface area contributed by atoms with Crippen LogP contribution < -0.4 is 14.4 Å². The van der Waals surface area contributed by atoms with Gasteiger partial charge in [0, 0.05) is 11.1 Å². The van der Waals surface area contributed by atoms with E-state index in [9.17, 15) is 14.7 Å². The molecule has 1 aliphatic rings. The van der Waals surface area contributed by atoms with Crippen molar-refractivity contribution in [2.45, 2.75) is 13.0 Å². The third-order valence-electron chi connectivity index (χ3n) is 5.92. The Morgan fingerprint density at radius 2 is 1.80 bits per heavy atom. The molecule has 1 N–H and O–H groups in total. The predicted molar refractivity (Wildman–Crippen MR) is 131 cm³/mol. The third-order valence-corrected chi connectivity index (χ3v) is 5.92. The molecule has 1 aromatic heterocycles. The van der Waals surface area contributed by atoms with Gasteiger partial charge in [-0.05, 0) is 48.9 Å². The highest BCUT2D eigenvalue weighted by Crippen LogP contribution is 2.43. The van der Waals surface area contributed by atoms with Crippen LogP contribution in [0.3, 0.4) is 0 Å². The van der Waals surface area contributed by atoms with Crippen LogP contribution in [0.2, 0.25) is 0 Å². The fraction of sp³-hybridized carbons (Fsp3) is 0.143. The maximum Gasteiger partial charge on any atom is 0.294 e. The molecule has 1 unspecified atom stereocenters. The standard InChI is InChI=1S/C28H23NO6/c1-3-34-20-13-7-9-17(15-20)24-23(26(31)28(32)29(24)19-11-5-4-6-12-19)25(30)22-16-18-10-8-14-21(33-2)27(18)35-22/h4-16,24,31H,3H2,1-2H3. The molecule has 0 radical (unpaired) electrons. The van der Waals surface area contributed by atoms with Crippen molar-refractivity contribution in [3.05, 3.63) is 102 Å². The number of ether oxygens (including phenoxy) is 2. The van der Waals surface area contributed by atoms with Crippen molar-refractivity contribution in [1.29, 1.82) is 0 Å². The van der Waals surface area contributed by atoms with Gasteiger partial charge in [-0.3, -0.25) is 14.5 Å². The number of hydrogen-bond acceptors (Lipinski definition) is 6. The fourth-order valence-corrected chi connectivity index (χ4v) is 4.39. The highest BCUT2D eigenvalue weighted by Gasteiger charge is 2.45. The van der Waals surface area contributed by atoms with Crippen LogP contribution >= 0.6 is 0 Å². The SMILES string of the molecule is CCOc1cccc(C2C(C(=O)c3cc4cccc(OC)c4o3)=C(O)C(=O)N2c2ccccc2)c1. The number of hydrogen-bond donors (Lipinski definition) is 1. The Labute approximate surface area is 201 Å². The Bertz CT molecular complexity index is 1450. The molecule has 1 amide bonds. The van der Waals surface area contributed by atoms with Gasteiger partial charge in [-0.1, -0.05) is 42.5 Å². The van der Waals surface area contributed by atoms with Crippen molar-refractivity contribution < 1.29 is 28.6 Å². The molecule has 7 heteroatoms. The Kier molecular flexibility index (Phi) is 5.74. The van der Waals surface area contributed by atoms with Crippen LogP contribution in [-0.2, 0) is 4.79 Å². The summed E-state index contributed by atoms with van der Waals surface area (Å²) in [7, 11) is 1.52. The van der Waals surface area contributed by atoms with Gasteiger partial charge < -0.3 is 19.0 Å². The van der Waals surface area contributed by atoms with E-state index in [0.29, 0.717) is 40.3 Å². The van der Waals surface area contributed by atoms with E-state index in [2.05, 4.69) is 0 Å². The zero-order chi connectivity index (χ0) is 24.5. The predicted octanol–water partition coefficient (Wildman–Crippen LogP) is 5.62. The monoisotopic (exact) mass is 469 g/mol. The van der Waals surface area contributed by atoms with E-state index in [0.717, 1.165) is 0 Å². The molecule has 0 aliphatic carbocycles. The van der Waals surface area contributed by atoms with Crippen LogP contribution in [0.1, 0.15) is 29.1 Å². The number of furan rings is 1. The van der Waals surface area contributed by atoms with Gasteiger partial charge in [0.1, 0.15) is 5.75 Å². The van der Waals surface area contributed by atoms with E-state index in [1.54, 1.807) is 72.8 Å². The van der Waals surface area contributed by atoms with Crippen molar-refractivity contribution in [3.8, 4) is 11.5 Å². The summed E-state index contributed by atoms with van der Waals surface area (Å²) in [4.78, 5) is 28.5. The van der Waals surface area contributed by atoms with Gasteiger partial charge in [0.15, 0.2) is 22.9 Å². The summed E-state index contributed by atoms with van der Waals surface area (Å²) in [5, 5.41) is 11.6. The molecular weight excluding hydrogens is 446 g/mol. The van der Waals surface area contributed by atoms with E-state index in [1.165, 1.54) is 12.0 Å². The largest absolute Gasteiger partial charge is 0.503 e. The number of ketones is 1. The molecule has 0 bridgehead atoms. The molecule has 5 rings (SSSR count). The molecule has 0 spiro atoms. The molecule has 4 aromatic rings. The lowest BCUT2D eigenvalue weighted by atomic mass is 9.94. The van der Waals surface area contributed by atoms with Crippen molar-refractivity contribution in [2.24, 2.45) is 0 Å². The number of amides is 1. The molecule has 0 saturated carbocycles. The van der Waals surface area contributed by atoms with Crippen LogP contribution in [0.15, 0.2) is 94.6 Å². The lowest BCUT2D eigenvalue weighted by Crippen LogP contribution is -2.31. The number of anilines is 1. The summed E-state index contributed by atoms with van der Waals surface area (Å²) in [6.45, 7) is 2.34. The Balaban J connectivity index is 1.66. The molecule has 0 fully saturated rings. The Morgan fingerprint density at radius 1 is 1.03 bits per heavy atom. The molecule has 1 atom stereocenters. The second-order valence-corrected chi connectivity index (χ2v) is 8.00. The van der Waals surface area contributed by atoms with Crippen molar-refractivity contribution in [3.63, 3.8) is 0 Å². The number of carbonyl (C=O) groups excluding carboxylic acids is 2. The molecule has 176 valence electrons. The van der Waals surface area contributed by atoms with Crippen LogP contribution in [-0.4, -0.2) is 30.5 Å². The first-order valence-electron chi connectivity index (χ1n) is 11.2. The number of Topliss-reactive ketones (excluding diaryl/α,β-unsaturated/α-hetero) is 1. The van der Waals surface area contributed by atoms with Crippen molar-refractivity contribution in [2.75, 3.05) is 18.6 Å². The van der Waals surface area contributed by atoms with E-state index in [4.69, 9.17) is 13.9 Å². The number of para-hydroxylation sites is 2. The Hall–Kier alpha value is -4.52. The molecular formula is C28H23NO6. The first kappa shape index (κ1) is 22.3. The number of methoxy groups -OCH3 is 1. The first-order chi connectivity index (χ1) is 17.0. The van der Waals surface area contributed by atoms with Crippen LogP contribution in [0.5, 0.6) is 11.5 Å². The quantitative estimate of drug-likeness (QED) is 0.353. The molecule has 0 saturated heterocycles. The van der Waals surface area contributed by atoms with E-state index in [1.807, 2.05) is 13.0 Å². The smallest absolute Gasteiger partial charge is 0.294 e. The lowest BCUT2D eigenvalue weighted by molar-refractivity contribution is -0.117. The maximum atomic E-state index is 13.8. The maximum absolute atomic E-state index is 13.8. The summed E-state index contributed by atoms with van der Waals surface area (Å²) in [6, 6.07) is 22.1. The Morgan fingerprint density at radius 3 is 2.54 bits per heavy atom. The summed E-state index contributed by atoms with van der Waals surface area (Å²) in [6.07, 6.45) is 0. The molecule has 35 heavy (non-hydrogen) atoms. The normalized spacial score (nSPS) is 15.7. The van der Waals surface area contributed by atoms with E-state index >= 15 is 0 Å².